The quantitative estimate of drug-likeness (QED) is 0.715. The van der Waals surface area contributed by atoms with Gasteiger partial charge >= 0.3 is 5.97 Å². The molecule has 0 bridgehead atoms. The number of hydrogen-bond acceptors (Lipinski definition) is 5. The summed E-state index contributed by atoms with van der Waals surface area (Å²) >= 11 is 1.06. The van der Waals surface area contributed by atoms with Crippen molar-refractivity contribution in [3.63, 3.8) is 0 Å². The van der Waals surface area contributed by atoms with Gasteiger partial charge in [0.15, 0.2) is 0 Å². The maximum absolute atomic E-state index is 12.2. The Hall–Kier alpha value is -2.48. The number of aryl methyl sites for hydroxylation is 1. The van der Waals surface area contributed by atoms with E-state index in [0.717, 1.165) is 11.3 Å². The lowest BCUT2D eigenvalue weighted by Gasteiger charge is -2.11. The van der Waals surface area contributed by atoms with E-state index in [4.69, 9.17) is 5.11 Å². The summed E-state index contributed by atoms with van der Waals surface area (Å²) in [6.07, 6.45) is 2.80. The molecule has 21 heavy (non-hydrogen) atoms. The van der Waals surface area contributed by atoms with Crippen LogP contribution in [0.25, 0.3) is 10.2 Å². The van der Waals surface area contributed by atoms with E-state index >= 15 is 0 Å². The van der Waals surface area contributed by atoms with E-state index in [2.05, 4.69) is 21.9 Å². The van der Waals surface area contributed by atoms with Crippen molar-refractivity contribution in [2.24, 2.45) is 0 Å². The Morgan fingerprint density at radius 3 is 2.90 bits per heavy atom. The number of rotatable bonds is 5. The predicted molar refractivity (Wildman–Crippen MR) is 78.7 cm³/mol. The van der Waals surface area contributed by atoms with E-state index in [1.807, 2.05) is 0 Å². The third-order valence-electron chi connectivity index (χ3n) is 2.94. The maximum Gasteiger partial charge on any atom is 0.326 e. The number of thiophene rings is 1. The van der Waals surface area contributed by atoms with Gasteiger partial charge in [-0.05, 0) is 18.9 Å². The van der Waals surface area contributed by atoms with Gasteiger partial charge in [0.1, 0.15) is 10.9 Å². The first-order valence-electron chi connectivity index (χ1n) is 6.07. The molecule has 0 fully saturated rings. The first kappa shape index (κ1) is 14.9. The molecule has 3 N–H and O–H groups in total. The molecule has 2 aromatic heterocycles. The van der Waals surface area contributed by atoms with Crippen molar-refractivity contribution in [2.75, 3.05) is 0 Å². The number of H-pyrrole nitrogens is 1. The number of carbonyl (C=O) groups excluding carboxylic acids is 1. The summed E-state index contributed by atoms with van der Waals surface area (Å²) in [5.74, 6) is -1.68. The van der Waals surface area contributed by atoms with E-state index in [1.165, 1.54) is 12.4 Å². The molecule has 110 valence electrons. The first-order valence-corrected chi connectivity index (χ1v) is 6.88. The van der Waals surface area contributed by atoms with Crippen LogP contribution < -0.4 is 10.9 Å². The number of aliphatic carboxylic acids is 1. The molecule has 0 radical (unpaired) electrons. The van der Waals surface area contributed by atoms with Gasteiger partial charge in [-0.2, -0.15) is 0 Å². The number of carbonyl (C=O) groups is 2. The van der Waals surface area contributed by atoms with E-state index in [9.17, 15) is 14.4 Å². The molecule has 0 saturated heterocycles. The standard InChI is InChI=1S/C13H13N3O4S/c1-3-4-7(13(19)20)16-11(18)9-6(2)8-10(17)14-5-15-12(8)21-9/h3,5,7H,1,4H2,2H3,(H,16,18)(H,19,20)(H,14,15,17). The van der Waals surface area contributed by atoms with Crippen molar-refractivity contribution < 1.29 is 14.7 Å². The number of aromatic nitrogens is 2. The molecule has 7 nitrogen and oxygen atoms in total. The molecular weight excluding hydrogens is 294 g/mol. The number of nitrogens with zero attached hydrogens (tertiary/aromatic N) is 1. The summed E-state index contributed by atoms with van der Waals surface area (Å²) < 4.78 is 0. The van der Waals surface area contributed by atoms with Gasteiger partial charge in [-0.15, -0.1) is 17.9 Å². The van der Waals surface area contributed by atoms with Crippen LogP contribution in [0.4, 0.5) is 0 Å². The van der Waals surface area contributed by atoms with Crippen LogP contribution in [-0.4, -0.2) is 33.0 Å². The SMILES string of the molecule is C=CCC(NC(=O)c1sc2nc[nH]c(=O)c2c1C)C(=O)O. The van der Waals surface area contributed by atoms with Crippen LogP contribution in [0.15, 0.2) is 23.8 Å². The molecule has 0 saturated carbocycles. The largest absolute Gasteiger partial charge is 0.480 e. The molecule has 1 atom stereocenters. The second-order valence-electron chi connectivity index (χ2n) is 4.36. The Morgan fingerprint density at radius 2 is 2.33 bits per heavy atom. The number of amides is 1. The molecule has 0 aromatic carbocycles. The molecule has 8 heteroatoms. The summed E-state index contributed by atoms with van der Waals surface area (Å²) in [7, 11) is 0. The lowest BCUT2D eigenvalue weighted by Crippen LogP contribution is -2.40. The average molecular weight is 307 g/mol. The van der Waals surface area contributed by atoms with Crippen LogP contribution in [-0.2, 0) is 4.79 Å². The van der Waals surface area contributed by atoms with Crippen LogP contribution in [0.1, 0.15) is 21.7 Å². The van der Waals surface area contributed by atoms with Gasteiger partial charge in [-0.3, -0.25) is 9.59 Å². The lowest BCUT2D eigenvalue weighted by atomic mass is 10.1. The van der Waals surface area contributed by atoms with Crippen molar-refractivity contribution in [1.82, 2.24) is 15.3 Å². The van der Waals surface area contributed by atoms with Crippen molar-refractivity contribution >= 4 is 33.4 Å². The lowest BCUT2D eigenvalue weighted by molar-refractivity contribution is -0.139. The highest BCUT2D eigenvalue weighted by Crippen LogP contribution is 2.26. The van der Waals surface area contributed by atoms with Crippen molar-refractivity contribution in [3.8, 4) is 0 Å². The highest BCUT2D eigenvalue weighted by molar-refractivity contribution is 7.20. The zero-order chi connectivity index (χ0) is 15.6. The van der Waals surface area contributed by atoms with Gasteiger partial charge in [-0.25, -0.2) is 9.78 Å². The highest BCUT2D eigenvalue weighted by Gasteiger charge is 2.23. The summed E-state index contributed by atoms with van der Waals surface area (Å²) in [6, 6.07) is -1.05. The van der Waals surface area contributed by atoms with E-state index in [-0.39, 0.29) is 16.9 Å². The Kier molecular flexibility index (Phi) is 4.18. The monoisotopic (exact) mass is 307 g/mol. The van der Waals surface area contributed by atoms with Crippen molar-refractivity contribution in [3.05, 3.63) is 39.8 Å². The zero-order valence-corrected chi connectivity index (χ0v) is 12.0. The molecule has 2 aromatic rings. The van der Waals surface area contributed by atoms with Gasteiger partial charge in [0.2, 0.25) is 0 Å². The van der Waals surface area contributed by atoms with Crippen molar-refractivity contribution in [2.45, 2.75) is 19.4 Å². The van der Waals surface area contributed by atoms with Crippen LogP contribution in [0, 0.1) is 6.92 Å². The maximum atomic E-state index is 12.2. The summed E-state index contributed by atoms with van der Waals surface area (Å²) in [5, 5.41) is 11.8. The Balaban J connectivity index is 2.38. The second kappa shape index (κ2) is 5.88. The summed E-state index contributed by atoms with van der Waals surface area (Å²) in [4.78, 5) is 42.2. The Labute approximate surface area is 123 Å². The minimum Gasteiger partial charge on any atom is -0.480 e. The summed E-state index contributed by atoms with van der Waals surface area (Å²) in [6.45, 7) is 5.09. The minimum atomic E-state index is -1.14. The normalized spacial score (nSPS) is 12.0. The molecule has 1 amide bonds. The third-order valence-corrected chi connectivity index (χ3v) is 4.14. The molecule has 1 unspecified atom stereocenters. The fourth-order valence-corrected chi connectivity index (χ4v) is 2.96. The molecule has 2 heterocycles. The van der Waals surface area contributed by atoms with Gasteiger partial charge in [0.25, 0.3) is 11.5 Å². The van der Waals surface area contributed by atoms with Crippen LogP contribution in [0.2, 0.25) is 0 Å². The second-order valence-corrected chi connectivity index (χ2v) is 5.36. The zero-order valence-electron chi connectivity index (χ0n) is 11.2. The molecule has 0 spiro atoms. The van der Waals surface area contributed by atoms with Gasteiger partial charge < -0.3 is 15.4 Å². The summed E-state index contributed by atoms with van der Waals surface area (Å²) in [5.41, 5.74) is 0.165. The molecular formula is C13H13N3O4S. The smallest absolute Gasteiger partial charge is 0.326 e. The first-order chi connectivity index (χ1) is 9.95. The average Bonchev–Trinajstić information content (AvgIpc) is 2.77. The predicted octanol–water partition coefficient (Wildman–Crippen LogP) is 1.05. The Bertz CT molecular complexity index is 777. The fourth-order valence-electron chi connectivity index (χ4n) is 1.91. The molecule has 0 aliphatic carbocycles. The van der Waals surface area contributed by atoms with Crippen molar-refractivity contribution in [1.29, 1.82) is 0 Å². The van der Waals surface area contributed by atoms with E-state index in [0.29, 0.717) is 15.8 Å². The number of hydrogen-bond donors (Lipinski definition) is 3. The molecule has 0 aliphatic heterocycles. The number of carboxylic acids is 1. The number of fused-ring (bicyclic) bond motifs is 1. The number of nitrogens with one attached hydrogen (secondary N) is 2. The molecule has 0 aliphatic rings. The van der Waals surface area contributed by atoms with Gasteiger partial charge in [0.05, 0.1) is 16.6 Å². The van der Waals surface area contributed by atoms with E-state index < -0.39 is 17.9 Å². The third kappa shape index (κ3) is 2.84. The Morgan fingerprint density at radius 1 is 1.62 bits per heavy atom. The highest BCUT2D eigenvalue weighted by atomic mass is 32.1. The van der Waals surface area contributed by atoms with Crippen LogP contribution >= 0.6 is 11.3 Å². The fraction of sp³-hybridized carbons (Fsp3) is 0.231. The van der Waals surface area contributed by atoms with Gasteiger partial charge in [0, 0.05) is 0 Å². The number of aromatic amines is 1. The topological polar surface area (TPSA) is 112 Å². The number of carboxylic acid groups (broad SMARTS) is 1. The van der Waals surface area contributed by atoms with Crippen LogP contribution in [0.5, 0.6) is 0 Å². The van der Waals surface area contributed by atoms with E-state index in [1.54, 1.807) is 6.92 Å². The van der Waals surface area contributed by atoms with Crippen LogP contribution in [0.3, 0.4) is 0 Å². The van der Waals surface area contributed by atoms with Gasteiger partial charge in [-0.1, -0.05) is 6.08 Å². The molecule has 2 rings (SSSR count). The minimum absolute atomic E-state index is 0.115.